The zero-order valence-electron chi connectivity index (χ0n) is 19.8. The molecule has 1 aliphatic heterocycles. The third kappa shape index (κ3) is 5.76. The Balaban J connectivity index is 1.36. The van der Waals surface area contributed by atoms with Crippen LogP contribution in [0.5, 0.6) is 11.5 Å². The number of hydrogen-bond acceptors (Lipinski definition) is 4. The molecule has 0 aromatic heterocycles. The number of ether oxygens (including phenoxy) is 1. The van der Waals surface area contributed by atoms with E-state index in [9.17, 15) is 13.2 Å². The lowest BCUT2D eigenvalue weighted by Crippen LogP contribution is -2.36. The number of hydrogen-bond donors (Lipinski definition) is 1. The van der Waals surface area contributed by atoms with Crippen LogP contribution in [0.2, 0.25) is 15.1 Å². The monoisotopic (exact) mass is 586 g/mol. The molecule has 1 N–H and O–H groups in total. The number of anilines is 1. The molecule has 0 aliphatic carbocycles. The second-order valence-corrected chi connectivity index (χ2v) is 11.7. The number of rotatable bonds is 6. The second-order valence-electron chi connectivity index (χ2n) is 8.69. The standard InChI is InChI=1S/C28H21Cl3N2O4S/c29-20-6-5-19-17-33(14-13-18(19)15-20)28(34)24-16-21(30)7-12-26(24)32-38(35,36)23-10-8-22(9-11-23)37-27-4-2-1-3-25(27)31/h1-12,15-16,32H,13-14,17H2. The maximum Gasteiger partial charge on any atom is 0.261 e. The number of nitrogens with zero attached hydrogens (tertiary/aromatic N) is 1. The maximum absolute atomic E-state index is 13.5. The number of fused-ring (bicyclic) bond motifs is 1. The summed E-state index contributed by atoms with van der Waals surface area (Å²) in [7, 11) is -4.02. The van der Waals surface area contributed by atoms with Gasteiger partial charge in [0.25, 0.3) is 15.9 Å². The van der Waals surface area contributed by atoms with Gasteiger partial charge in [0.05, 0.1) is 21.2 Å². The Morgan fingerprint density at radius 2 is 1.55 bits per heavy atom. The summed E-state index contributed by atoms with van der Waals surface area (Å²) in [6.07, 6.45) is 0.645. The summed E-state index contributed by atoms with van der Waals surface area (Å²) in [5.41, 5.74) is 2.39. The molecule has 194 valence electrons. The Bertz CT molecular complexity index is 1630. The summed E-state index contributed by atoms with van der Waals surface area (Å²) in [6.45, 7) is 0.856. The van der Waals surface area contributed by atoms with E-state index in [-0.39, 0.29) is 22.1 Å². The van der Waals surface area contributed by atoms with Crippen LogP contribution in [0.1, 0.15) is 21.5 Å². The normalized spacial score (nSPS) is 13.1. The van der Waals surface area contributed by atoms with Gasteiger partial charge in [-0.15, -0.1) is 0 Å². The lowest BCUT2D eigenvalue weighted by atomic mass is 9.99. The summed E-state index contributed by atoms with van der Waals surface area (Å²) in [4.78, 5) is 15.2. The van der Waals surface area contributed by atoms with Crippen molar-refractivity contribution < 1.29 is 17.9 Å². The van der Waals surface area contributed by atoms with E-state index in [0.717, 1.165) is 11.1 Å². The van der Waals surface area contributed by atoms with Gasteiger partial charge in [-0.05, 0) is 84.3 Å². The van der Waals surface area contributed by atoms with E-state index in [1.165, 1.54) is 42.5 Å². The molecule has 0 unspecified atom stereocenters. The molecule has 0 spiro atoms. The lowest BCUT2D eigenvalue weighted by molar-refractivity contribution is 0.0736. The number of nitrogens with one attached hydrogen (secondary N) is 1. The topological polar surface area (TPSA) is 75.7 Å². The molecular formula is C28H21Cl3N2O4S. The van der Waals surface area contributed by atoms with Gasteiger partial charge in [0, 0.05) is 23.1 Å². The summed E-state index contributed by atoms with van der Waals surface area (Å²) in [6, 6.07) is 23.0. The highest BCUT2D eigenvalue weighted by molar-refractivity contribution is 7.92. The smallest absolute Gasteiger partial charge is 0.261 e. The molecular weight excluding hydrogens is 567 g/mol. The van der Waals surface area contributed by atoms with E-state index < -0.39 is 10.0 Å². The van der Waals surface area contributed by atoms with Crippen molar-refractivity contribution in [3.63, 3.8) is 0 Å². The molecule has 4 aromatic carbocycles. The summed E-state index contributed by atoms with van der Waals surface area (Å²) < 4.78 is 34.7. The van der Waals surface area contributed by atoms with Crippen LogP contribution < -0.4 is 9.46 Å². The molecule has 0 bridgehead atoms. The van der Waals surface area contributed by atoms with Crippen LogP contribution in [0.25, 0.3) is 0 Å². The van der Waals surface area contributed by atoms with Crippen molar-refractivity contribution in [1.82, 2.24) is 4.90 Å². The number of halogens is 3. The molecule has 1 amide bonds. The van der Waals surface area contributed by atoms with Gasteiger partial charge in [-0.1, -0.05) is 53.0 Å². The van der Waals surface area contributed by atoms with Crippen molar-refractivity contribution in [2.45, 2.75) is 17.9 Å². The predicted octanol–water partition coefficient (Wildman–Crippen LogP) is 7.44. The van der Waals surface area contributed by atoms with E-state index in [0.29, 0.717) is 46.1 Å². The zero-order chi connectivity index (χ0) is 26.9. The number of amides is 1. The van der Waals surface area contributed by atoms with E-state index in [1.807, 2.05) is 12.1 Å². The van der Waals surface area contributed by atoms with Crippen LogP contribution in [0, 0.1) is 0 Å². The summed E-state index contributed by atoms with van der Waals surface area (Å²) in [5, 5.41) is 1.41. The molecule has 4 aromatic rings. The Hall–Kier alpha value is -3.23. The van der Waals surface area contributed by atoms with Gasteiger partial charge >= 0.3 is 0 Å². The molecule has 0 saturated carbocycles. The predicted molar refractivity (Wildman–Crippen MR) is 150 cm³/mol. The van der Waals surface area contributed by atoms with Crippen molar-refractivity contribution in [3.05, 3.63) is 117 Å². The Labute approximate surface area is 235 Å². The van der Waals surface area contributed by atoms with E-state index in [4.69, 9.17) is 39.5 Å². The molecule has 6 nitrogen and oxygen atoms in total. The van der Waals surface area contributed by atoms with Gasteiger partial charge in [0.2, 0.25) is 0 Å². The first-order valence-corrected chi connectivity index (χ1v) is 14.2. The van der Waals surface area contributed by atoms with Gasteiger partial charge in [-0.25, -0.2) is 8.42 Å². The molecule has 10 heteroatoms. The van der Waals surface area contributed by atoms with Crippen LogP contribution in [-0.2, 0) is 23.0 Å². The molecule has 1 aliphatic rings. The largest absolute Gasteiger partial charge is 0.456 e. The number of para-hydroxylation sites is 1. The van der Waals surface area contributed by atoms with Crippen molar-refractivity contribution in [2.75, 3.05) is 11.3 Å². The van der Waals surface area contributed by atoms with Crippen molar-refractivity contribution in [2.24, 2.45) is 0 Å². The highest BCUT2D eigenvalue weighted by Crippen LogP contribution is 2.31. The lowest BCUT2D eigenvalue weighted by Gasteiger charge is -2.29. The van der Waals surface area contributed by atoms with Crippen LogP contribution in [0.4, 0.5) is 5.69 Å². The van der Waals surface area contributed by atoms with E-state index in [1.54, 1.807) is 35.2 Å². The zero-order valence-corrected chi connectivity index (χ0v) is 22.9. The van der Waals surface area contributed by atoms with Gasteiger partial charge in [0.1, 0.15) is 11.5 Å². The minimum Gasteiger partial charge on any atom is -0.456 e. The fourth-order valence-corrected chi connectivity index (χ4v) is 5.81. The first-order chi connectivity index (χ1) is 18.2. The second kappa shape index (κ2) is 10.9. The SMILES string of the molecule is O=C(c1cc(Cl)ccc1NS(=O)(=O)c1ccc(Oc2ccccc2Cl)cc1)N1CCc2cc(Cl)ccc2C1. The Kier molecular flexibility index (Phi) is 7.54. The molecule has 0 atom stereocenters. The molecule has 0 fully saturated rings. The maximum atomic E-state index is 13.5. The average Bonchev–Trinajstić information content (AvgIpc) is 2.90. The van der Waals surface area contributed by atoms with E-state index in [2.05, 4.69) is 4.72 Å². The van der Waals surface area contributed by atoms with Crippen molar-refractivity contribution in [1.29, 1.82) is 0 Å². The third-order valence-corrected chi connectivity index (χ3v) is 8.29. The Morgan fingerprint density at radius 3 is 2.32 bits per heavy atom. The number of carbonyl (C=O) groups excluding carboxylic acids is 1. The highest BCUT2D eigenvalue weighted by Gasteiger charge is 2.26. The van der Waals surface area contributed by atoms with Crippen LogP contribution >= 0.6 is 34.8 Å². The first kappa shape index (κ1) is 26.4. The van der Waals surface area contributed by atoms with Gasteiger partial charge in [0.15, 0.2) is 0 Å². The van der Waals surface area contributed by atoms with Crippen LogP contribution in [0.15, 0.2) is 89.8 Å². The minimum atomic E-state index is -4.02. The number of carbonyl (C=O) groups is 1. The summed E-state index contributed by atoms with van der Waals surface area (Å²) in [5.74, 6) is 0.552. The minimum absolute atomic E-state index is 0.00105. The molecule has 0 radical (unpaired) electrons. The van der Waals surface area contributed by atoms with Crippen molar-refractivity contribution >= 4 is 56.4 Å². The Morgan fingerprint density at radius 1 is 0.842 bits per heavy atom. The van der Waals surface area contributed by atoms with Gasteiger partial charge in [-0.3, -0.25) is 9.52 Å². The van der Waals surface area contributed by atoms with Gasteiger partial charge < -0.3 is 9.64 Å². The number of benzene rings is 4. The van der Waals surface area contributed by atoms with Gasteiger partial charge in [-0.2, -0.15) is 0 Å². The fraction of sp³-hybridized carbons (Fsp3) is 0.107. The highest BCUT2D eigenvalue weighted by atomic mass is 35.5. The number of sulfonamides is 1. The van der Waals surface area contributed by atoms with Crippen LogP contribution in [0.3, 0.4) is 0 Å². The summed E-state index contributed by atoms with van der Waals surface area (Å²) >= 11 is 18.4. The quantitative estimate of drug-likeness (QED) is 0.254. The molecule has 0 saturated heterocycles. The first-order valence-electron chi connectivity index (χ1n) is 11.6. The average molecular weight is 588 g/mol. The molecule has 38 heavy (non-hydrogen) atoms. The third-order valence-electron chi connectivity index (χ3n) is 6.12. The van der Waals surface area contributed by atoms with E-state index >= 15 is 0 Å². The van der Waals surface area contributed by atoms with Crippen LogP contribution in [-0.4, -0.2) is 25.8 Å². The fourth-order valence-electron chi connectivity index (χ4n) is 4.19. The molecule has 5 rings (SSSR count). The van der Waals surface area contributed by atoms with Crippen molar-refractivity contribution in [3.8, 4) is 11.5 Å². The molecule has 1 heterocycles.